The third-order valence-electron chi connectivity index (χ3n) is 3.95. The first-order chi connectivity index (χ1) is 9.15. The molecule has 0 aromatic heterocycles. The molecule has 1 fully saturated rings. The summed E-state index contributed by atoms with van der Waals surface area (Å²) >= 11 is 0. The highest BCUT2D eigenvalue weighted by molar-refractivity contribution is 5.38. The lowest BCUT2D eigenvalue weighted by Gasteiger charge is -2.40. The van der Waals surface area contributed by atoms with E-state index in [1.807, 2.05) is 6.07 Å². The van der Waals surface area contributed by atoms with Gasteiger partial charge in [0.1, 0.15) is 5.82 Å². The van der Waals surface area contributed by atoms with Gasteiger partial charge in [-0.3, -0.25) is 4.90 Å². The van der Waals surface area contributed by atoms with Crippen LogP contribution in [-0.2, 0) is 6.54 Å². The van der Waals surface area contributed by atoms with Gasteiger partial charge in [-0.2, -0.15) is 5.26 Å². The molecule has 102 valence electrons. The lowest BCUT2D eigenvalue weighted by molar-refractivity contribution is 0.0451. The maximum atomic E-state index is 13.1. The molecule has 1 aliphatic heterocycles. The summed E-state index contributed by atoms with van der Waals surface area (Å²) in [5.74, 6) is -0.384. The Morgan fingerprint density at radius 1 is 1.47 bits per heavy atom. The van der Waals surface area contributed by atoms with Crippen LogP contribution in [-0.4, -0.2) is 28.7 Å². The molecule has 0 saturated carbocycles. The van der Waals surface area contributed by atoms with Gasteiger partial charge in [0.05, 0.1) is 18.2 Å². The molecule has 1 aromatic carbocycles. The van der Waals surface area contributed by atoms with E-state index in [0.29, 0.717) is 18.2 Å². The van der Waals surface area contributed by atoms with Gasteiger partial charge in [0.2, 0.25) is 0 Å². The van der Waals surface area contributed by atoms with Crippen LogP contribution in [0.4, 0.5) is 4.39 Å². The third kappa shape index (κ3) is 3.12. The van der Waals surface area contributed by atoms with Gasteiger partial charge in [-0.25, -0.2) is 4.39 Å². The zero-order valence-electron chi connectivity index (χ0n) is 11.1. The number of aliphatic hydroxyl groups is 1. The molecule has 4 heteroatoms. The van der Waals surface area contributed by atoms with Crippen LogP contribution in [0.3, 0.4) is 0 Å². The van der Waals surface area contributed by atoms with Gasteiger partial charge in [0, 0.05) is 18.6 Å². The van der Waals surface area contributed by atoms with Crippen molar-refractivity contribution < 1.29 is 9.50 Å². The van der Waals surface area contributed by atoms with E-state index in [-0.39, 0.29) is 18.5 Å². The highest BCUT2D eigenvalue weighted by Gasteiger charge is 2.27. The summed E-state index contributed by atoms with van der Waals surface area (Å²) < 4.78 is 13.1. The summed E-state index contributed by atoms with van der Waals surface area (Å²) in [6.45, 7) is 2.86. The quantitative estimate of drug-likeness (QED) is 0.910. The summed E-state index contributed by atoms with van der Waals surface area (Å²) in [5.41, 5.74) is 1.21. The minimum Gasteiger partial charge on any atom is -0.395 e. The molecule has 1 aliphatic rings. The molecule has 19 heavy (non-hydrogen) atoms. The normalized spacial score (nSPS) is 24.1. The number of nitriles is 1. The number of halogens is 1. The van der Waals surface area contributed by atoms with Crippen LogP contribution in [0.15, 0.2) is 18.2 Å². The lowest BCUT2D eigenvalue weighted by Crippen LogP contribution is -2.46. The summed E-state index contributed by atoms with van der Waals surface area (Å²) in [6.07, 6.45) is 3.20. The molecule has 3 nitrogen and oxygen atoms in total. The van der Waals surface area contributed by atoms with E-state index in [0.717, 1.165) is 24.8 Å². The molecule has 2 unspecified atom stereocenters. The monoisotopic (exact) mass is 262 g/mol. The number of aliphatic hydroxyl groups excluding tert-OH is 1. The van der Waals surface area contributed by atoms with Crippen molar-refractivity contribution in [3.63, 3.8) is 0 Å². The van der Waals surface area contributed by atoms with E-state index in [1.165, 1.54) is 12.1 Å². The molecular formula is C15H19FN2O. The van der Waals surface area contributed by atoms with Gasteiger partial charge < -0.3 is 5.11 Å². The highest BCUT2D eigenvalue weighted by atomic mass is 19.1. The molecule has 0 bridgehead atoms. The Morgan fingerprint density at radius 3 is 2.95 bits per heavy atom. The Labute approximate surface area is 113 Å². The zero-order chi connectivity index (χ0) is 13.8. The first-order valence-corrected chi connectivity index (χ1v) is 6.71. The van der Waals surface area contributed by atoms with Crippen LogP contribution in [0.25, 0.3) is 0 Å². The van der Waals surface area contributed by atoms with Crippen molar-refractivity contribution in [3.05, 3.63) is 35.1 Å². The van der Waals surface area contributed by atoms with Crippen LogP contribution in [0.5, 0.6) is 0 Å². The Hall–Kier alpha value is -1.44. The average Bonchev–Trinajstić information content (AvgIpc) is 2.42. The predicted molar refractivity (Wildman–Crippen MR) is 70.8 cm³/mol. The van der Waals surface area contributed by atoms with Crippen molar-refractivity contribution in [1.82, 2.24) is 4.90 Å². The maximum Gasteiger partial charge on any atom is 0.124 e. The Bertz CT molecular complexity index is 484. The van der Waals surface area contributed by atoms with Crippen molar-refractivity contribution in [1.29, 1.82) is 5.26 Å². The molecule has 1 aromatic rings. The molecule has 0 aliphatic carbocycles. The highest BCUT2D eigenvalue weighted by Crippen LogP contribution is 2.25. The first kappa shape index (κ1) is 14.0. The topological polar surface area (TPSA) is 47.3 Å². The van der Waals surface area contributed by atoms with Crippen molar-refractivity contribution >= 4 is 0 Å². The number of rotatable bonds is 3. The van der Waals surface area contributed by atoms with E-state index in [4.69, 9.17) is 5.26 Å². The summed E-state index contributed by atoms with van der Waals surface area (Å²) in [6, 6.07) is 6.89. The first-order valence-electron chi connectivity index (χ1n) is 6.71. The predicted octanol–water partition coefficient (Wildman–Crippen LogP) is 2.43. The van der Waals surface area contributed by atoms with Crippen molar-refractivity contribution in [2.45, 2.75) is 44.8 Å². The lowest BCUT2D eigenvalue weighted by atomic mass is 9.95. The van der Waals surface area contributed by atoms with Crippen LogP contribution >= 0.6 is 0 Å². The van der Waals surface area contributed by atoms with Gasteiger partial charge in [-0.15, -0.1) is 0 Å². The molecule has 2 rings (SSSR count). The molecular weight excluding hydrogens is 243 g/mol. The number of piperidine rings is 1. The van der Waals surface area contributed by atoms with Gasteiger partial charge in [0.15, 0.2) is 0 Å². The fourth-order valence-electron chi connectivity index (χ4n) is 2.81. The van der Waals surface area contributed by atoms with E-state index >= 15 is 0 Å². The van der Waals surface area contributed by atoms with Crippen LogP contribution in [0.2, 0.25) is 0 Å². The Kier molecular flexibility index (Phi) is 4.52. The zero-order valence-corrected chi connectivity index (χ0v) is 11.1. The van der Waals surface area contributed by atoms with E-state index in [2.05, 4.69) is 11.8 Å². The van der Waals surface area contributed by atoms with Crippen molar-refractivity contribution in [3.8, 4) is 6.07 Å². The van der Waals surface area contributed by atoms with Gasteiger partial charge in [-0.1, -0.05) is 12.5 Å². The molecule has 0 radical (unpaired) electrons. The fraction of sp³-hybridized carbons (Fsp3) is 0.533. The second-order valence-electron chi connectivity index (χ2n) is 5.20. The summed E-state index contributed by atoms with van der Waals surface area (Å²) in [7, 11) is 0. The maximum absolute atomic E-state index is 13.1. The second-order valence-corrected chi connectivity index (χ2v) is 5.20. The van der Waals surface area contributed by atoms with Gasteiger partial charge in [0.25, 0.3) is 0 Å². The SMILES string of the molecule is CC1CCCC(CO)N1Cc1ccc(F)cc1C#N. The minimum absolute atomic E-state index is 0.132. The fourth-order valence-corrected chi connectivity index (χ4v) is 2.81. The Balaban J connectivity index is 2.21. The van der Waals surface area contributed by atoms with Crippen molar-refractivity contribution in [2.75, 3.05) is 6.61 Å². The van der Waals surface area contributed by atoms with Crippen LogP contribution in [0.1, 0.15) is 37.3 Å². The van der Waals surface area contributed by atoms with Gasteiger partial charge >= 0.3 is 0 Å². The van der Waals surface area contributed by atoms with Crippen LogP contribution < -0.4 is 0 Å². The molecule has 2 atom stereocenters. The Morgan fingerprint density at radius 2 is 2.26 bits per heavy atom. The number of likely N-dealkylation sites (tertiary alicyclic amines) is 1. The second kappa shape index (κ2) is 6.14. The molecule has 0 spiro atoms. The smallest absolute Gasteiger partial charge is 0.124 e. The summed E-state index contributed by atoms with van der Waals surface area (Å²) in [5, 5.41) is 18.5. The number of hydrogen-bond acceptors (Lipinski definition) is 3. The largest absolute Gasteiger partial charge is 0.395 e. The molecule has 0 amide bonds. The van der Waals surface area contributed by atoms with E-state index in [9.17, 15) is 9.50 Å². The third-order valence-corrected chi connectivity index (χ3v) is 3.95. The number of nitrogens with zero attached hydrogens (tertiary/aromatic N) is 2. The standard InChI is InChI=1S/C15H19FN2O/c1-11-3-2-4-15(10-19)18(11)9-12-5-6-14(16)7-13(12)8-17/h5-7,11,15,19H,2-4,9-10H2,1H3. The summed E-state index contributed by atoms with van der Waals surface area (Å²) in [4.78, 5) is 2.22. The molecule has 1 N–H and O–H groups in total. The van der Waals surface area contributed by atoms with E-state index < -0.39 is 0 Å². The van der Waals surface area contributed by atoms with E-state index in [1.54, 1.807) is 6.07 Å². The van der Waals surface area contributed by atoms with Gasteiger partial charge in [-0.05, 0) is 37.5 Å². The van der Waals surface area contributed by atoms with Crippen molar-refractivity contribution in [2.24, 2.45) is 0 Å². The number of hydrogen-bond donors (Lipinski definition) is 1. The number of benzene rings is 1. The minimum atomic E-state index is -0.384. The molecule has 1 heterocycles. The molecule has 1 saturated heterocycles. The average molecular weight is 262 g/mol. The van der Waals surface area contributed by atoms with Crippen LogP contribution in [0, 0.1) is 17.1 Å².